The highest BCUT2D eigenvalue weighted by Crippen LogP contribution is 2.04. The molecular weight excluding hydrogens is 163 g/mol. The van der Waals surface area contributed by atoms with Crippen LogP contribution in [0.2, 0.25) is 0 Å². The summed E-state index contributed by atoms with van der Waals surface area (Å²) in [6.45, 7) is 0. The minimum absolute atomic E-state index is 0.178. The fourth-order valence-electron chi connectivity index (χ4n) is 0.353. The maximum absolute atomic E-state index is 5.45. The van der Waals surface area contributed by atoms with E-state index in [2.05, 4.69) is 15.8 Å². The van der Waals surface area contributed by atoms with Crippen LogP contribution < -0.4 is 16.6 Å². The molecule has 0 aromatic heterocycles. The molecule has 0 radical (unpaired) electrons. The molecule has 0 bridgehead atoms. The fraction of sp³-hybridized carbons (Fsp3) is 0. The Hall–Kier alpha value is -0.610. The molecule has 50 valence electrons. The van der Waals surface area contributed by atoms with Crippen molar-refractivity contribution in [2.24, 2.45) is 10.7 Å². The van der Waals surface area contributed by atoms with Gasteiger partial charge in [-0.2, -0.15) is 4.99 Å². The van der Waals surface area contributed by atoms with Crippen molar-refractivity contribution in [1.82, 2.24) is 10.9 Å². The second kappa shape index (κ2) is 2.33. The van der Waals surface area contributed by atoms with Crippen LogP contribution in [0.25, 0.3) is 0 Å². The lowest BCUT2D eigenvalue weighted by Gasteiger charge is -2.11. The smallest absolute Gasteiger partial charge is 0.216 e. The van der Waals surface area contributed by atoms with E-state index in [1.54, 1.807) is 0 Å². The molecule has 0 aliphatic carbocycles. The number of nitrogens with zero attached hydrogens (tertiary/aromatic N) is 1. The van der Waals surface area contributed by atoms with Crippen molar-refractivity contribution in [3.63, 3.8) is 0 Å². The van der Waals surface area contributed by atoms with Crippen LogP contribution in [0.1, 0.15) is 0 Å². The lowest BCUT2D eigenvalue weighted by atomic mass is 10.7. The highest BCUT2D eigenvalue weighted by molar-refractivity contribution is 6.64. The number of hydrazine groups is 1. The topological polar surface area (TPSA) is 62.4 Å². The summed E-state index contributed by atoms with van der Waals surface area (Å²) in [6, 6.07) is 0. The summed E-state index contributed by atoms with van der Waals surface area (Å²) in [6.07, 6.45) is 0. The fourth-order valence-corrected chi connectivity index (χ4v) is 0.581. The first-order valence-electron chi connectivity index (χ1n) is 2.11. The molecule has 4 N–H and O–H groups in total. The number of rotatable bonds is 0. The van der Waals surface area contributed by atoms with Gasteiger partial charge in [-0.1, -0.05) is 11.6 Å². The van der Waals surface area contributed by atoms with Gasteiger partial charge in [-0.25, -0.2) is 0 Å². The second-order valence-electron chi connectivity index (χ2n) is 1.35. The highest BCUT2D eigenvalue weighted by Gasteiger charge is 2.05. The summed E-state index contributed by atoms with van der Waals surface area (Å²) in [7, 11) is 0. The Kier molecular flexibility index (Phi) is 1.68. The van der Waals surface area contributed by atoms with Gasteiger partial charge in [-0.05, 0) is 11.6 Å². The van der Waals surface area contributed by atoms with Crippen molar-refractivity contribution in [3.05, 3.63) is 11.0 Å². The normalized spacial score (nSPS) is 18.2. The molecule has 6 heteroatoms. The molecule has 0 aromatic rings. The van der Waals surface area contributed by atoms with Gasteiger partial charge in [-0.15, -0.1) is 0 Å². The Bertz CT molecular complexity index is 184. The van der Waals surface area contributed by atoms with Crippen molar-refractivity contribution in [2.75, 3.05) is 0 Å². The van der Waals surface area contributed by atoms with E-state index in [0.717, 1.165) is 0 Å². The van der Waals surface area contributed by atoms with Crippen molar-refractivity contribution in [2.45, 2.75) is 0 Å². The van der Waals surface area contributed by atoms with E-state index >= 15 is 0 Å². The Labute approximate surface area is 61.7 Å². The molecule has 4 nitrogen and oxygen atoms in total. The van der Waals surface area contributed by atoms with Crippen LogP contribution in [0.5, 0.6) is 0 Å². The van der Waals surface area contributed by atoms with E-state index in [1.165, 1.54) is 0 Å². The maximum Gasteiger partial charge on any atom is 0.216 e. The largest absolute Gasteiger partial charge is 0.381 e. The van der Waals surface area contributed by atoms with E-state index in [0.29, 0.717) is 0 Å². The van der Waals surface area contributed by atoms with Crippen molar-refractivity contribution in [1.29, 1.82) is 0 Å². The van der Waals surface area contributed by atoms with Crippen LogP contribution in [0.4, 0.5) is 0 Å². The molecule has 0 spiro atoms. The quantitative estimate of drug-likeness (QED) is 0.445. The van der Waals surface area contributed by atoms with Gasteiger partial charge < -0.3 is 5.73 Å². The van der Waals surface area contributed by atoms with E-state index in [-0.39, 0.29) is 16.3 Å². The zero-order chi connectivity index (χ0) is 6.85. The van der Waals surface area contributed by atoms with Gasteiger partial charge in [0, 0.05) is 0 Å². The van der Waals surface area contributed by atoms with E-state index in [1.807, 2.05) is 0 Å². The number of aliphatic imine (C=N–C) groups is 1. The first-order chi connectivity index (χ1) is 4.20. The molecule has 9 heavy (non-hydrogen) atoms. The Balaban J connectivity index is 2.83. The minimum Gasteiger partial charge on any atom is -0.381 e. The Morgan fingerprint density at radius 2 is 2.00 bits per heavy atom. The molecular formula is C3H4Cl2N4. The lowest BCUT2D eigenvalue weighted by Crippen LogP contribution is -2.37. The second-order valence-corrected chi connectivity index (χ2v) is 2.09. The predicted molar refractivity (Wildman–Crippen MR) is 36.6 cm³/mol. The van der Waals surface area contributed by atoms with Crippen LogP contribution in [0.15, 0.2) is 16.0 Å². The molecule has 1 aliphatic heterocycles. The summed E-state index contributed by atoms with van der Waals surface area (Å²) in [5, 5.41) is 0.427. The van der Waals surface area contributed by atoms with Gasteiger partial charge in [0.15, 0.2) is 11.0 Å². The summed E-state index contributed by atoms with van der Waals surface area (Å²) in [5.41, 5.74) is 10.2. The number of nitrogens with one attached hydrogen (secondary N) is 2. The third-order valence-electron chi connectivity index (χ3n) is 0.719. The summed E-state index contributed by atoms with van der Waals surface area (Å²) in [4.78, 5) is 3.60. The maximum atomic E-state index is 5.45. The molecule has 0 aromatic carbocycles. The Morgan fingerprint density at radius 1 is 1.33 bits per heavy atom. The molecule has 0 amide bonds. The molecule has 1 rings (SSSR count). The van der Waals surface area contributed by atoms with Crippen LogP contribution >= 0.6 is 23.2 Å². The van der Waals surface area contributed by atoms with Crippen molar-refractivity contribution in [3.8, 4) is 0 Å². The molecule has 1 heterocycles. The van der Waals surface area contributed by atoms with Gasteiger partial charge in [0.05, 0.1) is 0 Å². The summed E-state index contributed by atoms with van der Waals surface area (Å²) < 4.78 is 0. The van der Waals surface area contributed by atoms with Crippen molar-refractivity contribution < 1.29 is 0 Å². The van der Waals surface area contributed by atoms with Crippen LogP contribution in [0.3, 0.4) is 0 Å². The predicted octanol–water partition coefficient (Wildman–Crippen LogP) is 0.0131. The number of hydrogen-bond acceptors (Lipinski definition) is 4. The number of amidine groups is 1. The van der Waals surface area contributed by atoms with E-state index in [4.69, 9.17) is 28.9 Å². The standard InChI is InChI=1S/C3H4Cl2N4/c4-1-2(6)7-3(5)9-8-1/h8H,6H2,(H,7,9). The van der Waals surface area contributed by atoms with Gasteiger partial charge in [-0.3, -0.25) is 10.9 Å². The number of hydrogen-bond donors (Lipinski definition) is 3. The lowest BCUT2D eigenvalue weighted by molar-refractivity contribution is 0.776. The third kappa shape index (κ3) is 1.40. The first-order valence-corrected chi connectivity index (χ1v) is 2.87. The third-order valence-corrected chi connectivity index (χ3v) is 1.19. The zero-order valence-corrected chi connectivity index (χ0v) is 5.79. The molecule has 0 fully saturated rings. The van der Waals surface area contributed by atoms with Gasteiger partial charge in [0.2, 0.25) is 5.29 Å². The van der Waals surface area contributed by atoms with Crippen molar-refractivity contribution >= 4 is 28.5 Å². The SMILES string of the molecule is NC1=C(Cl)NNC(Cl)=N1. The zero-order valence-electron chi connectivity index (χ0n) is 4.28. The van der Waals surface area contributed by atoms with Gasteiger partial charge >= 0.3 is 0 Å². The van der Waals surface area contributed by atoms with Crippen LogP contribution in [-0.4, -0.2) is 5.29 Å². The highest BCUT2D eigenvalue weighted by atomic mass is 35.5. The molecule has 1 aliphatic rings. The van der Waals surface area contributed by atoms with Crippen LogP contribution in [0, 0.1) is 0 Å². The first kappa shape index (κ1) is 6.51. The summed E-state index contributed by atoms with van der Waals surface area (Å²) in [5.74, 6) is 0.181. The van der Waals surface area contributed by atoms with Gasteiger partial charge in [0.1, 0.15) is 0 Å². The molecule has 0 saturated heterocycles. The van der Waals surface area contributed by atoms with Gasteiger partial charge in [0.25, 0.3) is 0 Å². The van der Waals surface area contributed by atoms with Crippen LogP contribution in [-0.2, 0) is 0 Å². The Morgan fingerprint density at radius 3 is 2.44 bits per heavy atom. The molecule has 0 atom stereocenters. The van der Waals surface area contributed by atoms with E-state index in [9.17, 15) is 0 Å². The number of nitrogens with two attached hydrogens (primary N) is 1. The minimum atomic E-state index is 0.178. The number of halogens is 2. The monoisotopic (exact) mass is 166 g/mol. The van der Waals surface area contributed by atoms with E-state index < -0.39 is 0 Å². The average Bonchev–Trinajstić information content (AvgIpc) is 1.80. The average molecular weight is 167 g/mol. The molecule has 0 unspecified atom stereocenters. The summed E-state index contributed by atoms with van der Waals surface area (Å²) >= 11 is 10.8. The molecule has 0 saturated carbocycles.